The molecule has 0 N–H and O–H groups in total. The van der Waals surface area contributed by atoms with Crippen molar-refractivity contribution in [1.29, 1.82) is 0 Å². The molecule has 5 aromatic rings. The summed E-state index contributed by atoms with van der Waals surface area (Å²) in [5.41, 5.74) is 3.73. The number of carbonyl (C=O) groups is 1. The van der Waals surface area contributed by atoms with Gasteiger partial charge in [-0.05, 0) is 24.3 Å². The normalized spacial score (nSPS) is 11.4. The van der Waals surface area contributed by atoms with Crippen molar-refractivity contribution < 1.29 is 4.79 Å². The van der Waals surface area contributed by atoms with E-state index in [4.69, 9.17) is 4.98 Å². The molecule has 0 amide bonds. The van der Waals surface area contributed by atoms with Crippen LogP contribution in [-0.2, 0) is 7.05 Å². The first-order valence-electron chi connectivity index (χ1n) is 8.11. The molecular formula is C20H13N3OS2. The first-order chi connectivity index (χ1) is 12.7. The Bertz CT molecular complexity index is 1260. The molecule has 0 radical (unpaired) electrons. The highest BCUT2D eigenvalue weighted by Gasteiger charge is 2.16. The Labute approximate surface area is 157 Å². The molecule has 26 heavy (non-hydrogen) atoms. The maximum atomic E-state index is 12.6. The summed E-state index contributed by atoms with van der Waals surface area (Å²) in [6.45, 7) is 0. The summed E-state index contributed by atoms with van der Waals surface area (Å²) in [6, 6.07) is 17.3. The Hall–Kier alpha value is -2.83. The number of thiophene rings is 1. The molecule has 4 nitrogen and oxygen atoms in total. The number of carbonyl (C=O) groups excluding carboxylic acids is 1. The van der Waals surface area contributed by atoms with E-state index in [2.05, 4.69) is 4.98 Å². The number of hydrogen-bond acceptors (Lipinski definition) is 5. The lowest BCUT2D eigenvalue weighted by molar-refractivity contribution is 0.104. The van der Waals surface area contributed by atoms with Crippen molar-refractivity contribution >= 4 is 49.7 Å². The molecule has 0 aliphatic rings. The lowest BCUT2D eigenvalue weighted by atomic mass is 10.1. The Morgan fingerprint density at radius 3 is 2.69 bits per heavy atom. The maximum Gasteiger partial charge on any atom is 0.202 e. The van der Waals surface area contributed by atoms with Crippen molar-refractivity contribution in [2.24, 2.45) is 7.05 Å². The fourth-order valence-corrected chi connectivity index (χ4v) is 5.08. The van der Waals surface area contributed by atoms with Crippen LogP contribution in [0.15, 0.2) is 60.9 Å². The number of ketones is 1. The van der Waals surface area contributed by atoms with Crippen LogP contribution in [0.3, 0.4) is 0 Å². The smallest absolute Gasteiger partial charge is 0.202 e. The van der Waals surface area contributed by atoms with E-state index in [1.807, 2.05) is 72.5 Å². The van der Waals surface area contributed by atoms with Gasteiger partial charge in [0.25, 0.3) is 0 Å². The number of imidazole rings is 1. The molecule has 3 heterocycles. The quantitative estimate of drug-likeness (QED) is 0.410. The van der Waals surface area contributed by atoms with Crippen molar-refractivity contribution in [3.05, 3.63) is 71.4 Å². The van der Waals surface area contributed by atoms with Crippen molar-refractivity contribution in [2.75, 3.05) is 0 Å². The molecule has 0 aliphatic carbocycles. The van der Waals surface area contributed by atoms with Crippen molar-refractivity contribution in [1.82, 2.24) is 14.5 Å². The Morgan fingerprint density at radius 2 is 1.85 bits per heavy atom. The molecule has 2 aromatic carbocycles. The van der Waals surface area contributed by atoms with E-state index in [-0.39, 0.29) is 5.78 Å². The van der Waals surface area contributed by atoms with Gasteiger partial charge in [-0.3, -0.25) is 4.79 Å². The molecule has 0 saturated heterocycles. The molecule has 0 spiro atoms. The second-order valence-corrected chi connectivity index (χ2v) is 8.10. The Balaban J connectivity index is 1.57. The molecule has 6 heteroatoms. The van der Waals surface area contributed by atoms with Crippen LogP contribution in [-0.4, -0.2) is 20.3 Å². The maximum absolute atomic E-state index is 12.6. The van der Waals surface area contributed by atoms with Gasteiger partial charge >= 0.3 is 0 Å². The van der Waals surface area contributed by atoms with E-state index in [9.17, 15) is 4.79 Å². The summed E-state index contributed by atoms with van der Waals surface area (Å²) in [6.07, 6.45) is 1.82. The SMILES string of the molecule is Cn1cnc2c3sc(-c4ccc(C(=O)c5ccccc5)s4)nc3ccc21. The number of nitrogens with zero attached hydrogens (tertiary/aromatic N) is 3. The van der Waals surface area contributed by atoms with Gasteiger partial charge in [0.05, 0.1) is 31.8 Å². The van der Waals surface area contributed by atoms with Crippen LogP contribution in [0, 0.1) is 0 Å². The molecule has 0 aliphatic heterocycles. The molecule has 5 rings (SSSR count). The van der Waals surface area contributed by atoms with Crippen molar-refractivity contribution in [2.45, 2.75) is 0 Å². The van der Waals surface area contributed by atoms with Gasteiger partial charge in [0.1, 0.15) is 10.5 Å². The van der Waals surface area contributed by atoms with Crippen LogP contribution in [0.25, 0.3) is 31.1 Å². The average Bonchev–Trinajstić information content (AvgIpc) is 3.39. The average molecular weight is 375 g/mol. The standard InChI is InChI=1S/C20H13N3OS2/c1-23-11-21-17-14(23)8-7-13-19(17)26-20(22-13)16-10-9-15(25-16)18(24)12-5-3-2-4-6-12/h2-11H,1H3. The second kappa shape index (κ2) is 5.86. The molecule has 0 atom stereocenters. The second-order valence-electron chi connectivity index (χ2n) is 6.02. The number of benzene rings is 2. The minimum Gasteiger partial charge on any atom is -0.334 e. The summed E-state index contributed by atoms with van der Waals surface area (Å²) in [5, 5.41) is 0.926. The number of hydrogen-bond donors (Lipinski definition) is 0. The van der Waals surface area contributed by atoms with Gasteiger partial charge in [0.2, 0.25) is 5.78 Å². The molecule has 0 bridgehead atoms. The van der Waals surface area contributed by atoms with Gasteiger partial charge in [0.15, 0.2) is 0 Å². The largest absolute Gasteiger partial charge is 0.334 e. The predicted molar refractivity (Wildman–Crippen MR) is 107 cm³/mol. The van der Waals surface area contributed by atoms with E-state index in [0.29, 0.717) is 5.56 Å². The van der Waals surface area contributed by atoms with Gasteiger partial charge in [0, 0.05) is 12.6 Å². The minimum atomic E-state index is 0.0510. The summed E-state index contributed by atoms with van der Waals surface area (Å²) >= 11 is 3.11. The summed E-state index contributed by atoms with van der Waals surface area (Å²) in [5.74, 6) is 0.0510. The monoisotopic (exact) mass is 375 g/mol. The van der Waals surface area contributed by atoms with Gasteiger partial charge < -0.3 is 4.57 Å². The lowest BCUT2D eigenvalue weighted by Gasteiger charge is -1.96. The van der Waals surface area contributed by atoms with E-state index in [1.165, 1.54) is 11.3 Å². The van der Waals surface area contributed by atoms with E-state index >= 15 is 0 Å². The number of aromatic nitrogens is 3. The van der Waals surface area contributed by atoms with Crippen LogP contribution in [0.4, 0.5) is 0 Å². The highest BCUT2D eigenvalue weighted by Crippen LogP contribution is 2.37. The first-order valence-corrected chi connectivity index (χ1v) is 9.74. The van der Waals surface area contributed by atoms with Gasteiger partial charge in [-0.25, -0.2) is 9.97 Å². The topological polar surface area (TPSA) is 47.8 Å². The highest BCUT2D eigenvalue weighted by molar-refractivity contribution is 7.26. The van der Waals surface area contributed by atoms with Crippen LogP contribution < -0.4 is 0 Å². The fraction of sp³-hybridized carbons (Fsp3) is 0.0500. The third-order valence-electron chi connectivity index (χ3n) is 4.33. The van der Waals surface area contributed by atoms with Gasteiger partial charge in [-0.15, -0.1) is 22.7 Å². The predicted octanol–water partition coefficient (Wildman–Crippen LogP) is 5.14. The van der Waals surface area contributed by atoms with Gasteiger partial charge in [-0.2, -0.15) is 0 Å². The molecule has 0 fully saturated rings. The van der Waals surface area contributed by atoms with Gasteiger partial charge in [-0.1, -0.05) is 30.3 Å². The zero-order chi connectivity index (χ0) is 17.7. The van der Waals surface area contributed by atoms with Crippen LogP contribution >= 0.6 is 22.7 Å². The number of fused-ring (bicyclic) bond motifs is 3. The highest BCUT2D eigenvalue weighted by atomic mass is 32.1. The van der Waals surface area contributed by atoms with Crippen molar-refractivity contribution in [3.8, 4) is 9.88 Å². The lowest BCUT2D eigenvalue weighted by Crippen LogP contribution is -1.97. The molecular weight excluding hydrogens is 362 g/mol. The summed E-state index contributed by atoms with van der Waals surface area (Å²) in [7, 11) is 1.99. The summed E-state index contributed by atoms with van der Waals surface area (Å²) in [4.78, 5) is 23.6. The van der Waals surface area contributed by atoms with Crippen LogP contribution in [0.2, 0.25) is 0 Å². The third kappa shape index (κ3) is 2.38. The molecule has 0 saturated carbocycles. The number of rotatable bonds is 3. The van der Waals surface area contributed by atoms with Crippen LogP contribution in [0.1, 0.15) is 15.2 Å². The van der Waals surface area contributed by atoms with E-state index in [0.717, 1.165) is 36.0 Å². The Morgan fingerprint density at radius 1 is 1.00 bits per heavy atom. The van der Waals surface area contributed by atoms with Crippen LogP contribution in [0.5, 0.6) is 0 Å². The first kappa shape index (κ1) is 15.4. The zero-order valence-electron chi connectivity index (χ0n) is 13.8. The van der Waals surface area contributed by atoms with E-state index < -0.39 is 0 Å². The fourth-order valence-electron chi connectivity index (χ4n) is 3.00. The molecule has 3 aromatic heterocycles. The molecule has 126 valence electrons. The number of aryl methyl sites for hydroxylation is 1. The number of thiazole rings is 1. The summed E-state index contributed by atoms with van der Waals surface area (Å²) < 4.78 is 3.10. The van der Waals surface area contributed by atoms with Crippen molar-refractivity contribution in [3.63, 3.8) is 0 Å². The van der Waals surface area contributed by atoms with E-state index in [1.54, 1.807) is 11.3 Å². The third-order valence-corrected chi connectivity index (χ3v) is 6.66. The Kier molecular flexibility index (Phi) is 3.48. The minimum absolute atomic E-state index is 0.0510. The zero-order valence-corrected chi connectivity index (χ0v) is 15.5. The molecule has 0 unspecified atom stereocenters.